The zero-order valence-electron chi connectivity index (χ0n) is 11.3. The lowest BCUT2D eigenvalue weighted by Crippen LogP contribution is -2.33. The van der Waals surface area contributed by atoms with Crippen LogP contribution in [-0.2, 0) is 16.0 Å². The monoisotopic (exact) mass is 261 g/mol. The number of amides is 2. The Labute approximate surface area is 113 Å². The molecule has 1 fully saturated rings. The fraction of sp³-hybridized carbons (Fsp3) is 0.467. The maximum Gasteiger partial charge on any atom is 0.416 e. The predicted molar refractivity (Wildman–Crippen MR) is 71.6 cm³/mol. The number of ether oxygens (including phenoxy) is 1. The molecule has 102 valence electrons. The molecule has 1 aromatic carbocycles. The minimum Gasteiger partial charge on any atom is -0.444 e. The number of hydrogen-bond acceptors (Lipinski definition) is 3. The van der Waals surface area contributed by atoms with Crippen LogP contribution in [0.3, 0.4) is 0 Å². The highest BCUT2D eigenvalue weighted by Gasteiger charge is 2.35. The molecule has 0 saturated carbocycles. The Balaban J connectivity index is 1.94. The van der Waals surface area contributed by atoms with Crippen molar-refractivity contribution in [3.05, 3.63) is 35.9 Å². The summed E-state index contributed by atoms with van der Waals surface area (Å²) in [7, 11) is 0. The van der Waals surface area contributed by atoms with Gasteiger partial charge in [0.1, 0.15) is 6.10 Å². The molecule has 0 aromatic heterocycles. The molecule has 19 heavy (non-hydrogen) atoms. The second kappa shape index (κ2) is 5.87. The molecule has 0 radical (unpaired) electrons. The van der Waals surface area contributed by atoms with Crippen molar-refractivity contribution < 1.29 is 14.3 Å². The van der Waals surface area contributed by atoms with E-state index < -0.39 is 6.09 Å². The van der Waals surface area contributed by atoms with Crippen LogP contribution in [0.15, 0.2) is 30.3 Å². The first-order valence-corrected chi connectivity index (χ1v) is 6.61. The number of cyclic esters (lactones) is 1. The SMILES string of the molecule is CC(C)CC(=O)N1CC(Cc2ccccc2)OC1=O. The summed E-state index contributed by atoms with van der Waals surface area (Å²) < 4.78 is 5.25. The molecule has 2 rings (SSSR count). The van der Waals surface area contributed by atoms with Crippen LogP contribution in [0.4, 0.5) is 4.79 Å². The first kappa shape index (κ1) is 13.6. The molecule has 2 amide bonds. The van der Waals surface area contributed by atoms with Gasteiger partial charge >= 0.3 is 6.09 Å². The third kappa shape index (κ3) is 3.56. The molecule has 0 spiro atoms. The fourth-order valence-electron chi connectivity index (χ4n) is 2.17. The van der Waals surface area contributed by atoms with E-state index in [9.17, 15) is 9.59 Å². The van der Waals surface area contributed by atoms with Gasteiger partial charge < -0.3 is 4.74 Å². The van der Waals surface area contributed by atoms with Gasteiger partial charge in [-0.25, -0.2) is 9.69 Å². The zero-order chi connectivity index (χ0) is 13.8. The van der Waals surface area contributed by atoms with E-state index in [0.717, 1.165) is 5.56 Å². The second-order valence-electron chi connectivity index (χ2n) is 5.30. The normalized spacial score (nSPS) is 18.8. The van der Waals surface area contributed by atoms with Gasteiger partial charge in [0.2, 0.25) is 5.91 Å². The Morgan fingerprint density at radius 3 is 2.68 bits per heavy atom. The van der Waals surface area contributed by atoms with Gasteiger partial charge in [-0.1, -0.05) is 44.2 Å². The summed E-state index contributed by atoms with van der Waals surface area (Å²) in [5, 5.41) is 0. The van der Waals surface area contributed by atoms with E-state index >= 15 is 0 Å². The van der Waals surface area contributed by atoms with Gasteiger partial charge in [0.05, 0.1) is 6.54 Å². The average Bonchev–Trinajstić information content (AvgIpc) is 2.70. The van der Waals surface area contributed by atoms with Gasteiger partial charge in [-0.05, 0) is 11.5 Å². The quantitative estimate of drug-likeness (QED) is 0.837. The van der Waals surface area contributed by atoms with Crippen molar-refractivity contribution in [2.24, 2.45) is 5.92 Å². The molecule has 1 aliphatic rings. The van der Waals surface area contributed by atoms with Crippen molar-refractivity contribution in [1.82, 2.24) is 4.90 Å². The third-order valence-electron chi connectivity index (χ3n) is 3.06. The molecule has 0 N–H and O–H groups in total. The van der Waals surface area contributed by atoms with Gasteiger partial charge in [0.25, 0.3) is 0 Å². The standard InChI is InChI=1S/C15H19NO3/c1-11(2)8-14(17)16-10-13(19-15(16)18)9-12-6-4-3-5-7-12/h3-7,11,13H,8-10H2,1-2H3. The van der Waals surface area contributed by atoms with E-state index in [-0.39, 0.29) is 17.9 Å². The summed E-state index contributed by atoms with van der Waals surface area (Å²) in [5.41, 5.74) is 1.11. The number of nitrogens with zero attached hydrogens (tertiary/aromatic N) is 1. The van der Waals surface area contributed by atoms with Crippen LogP contribution in [0.25, 0.3) is 0 Å². The van der Waals surface area contributed by atoms with E-state index in [1.165, 1.54) is 4.90 Å². The average molecular weight is 261 g/mol. The summed E-state index contributed by atoms with van der Waals surface area (Å²) >= 11 is 0. The molecule has 0 aliphatic carbocycles. The van der Waals surface area contributed by atoms with Crippen molar-refractivity contribution in [1.29, 1.82) is 0 Å². The zero-order valence-corrected chi connectivity index (χ0v) is 11.3. The largest absolute Gasteiger partial charge is 0.444 e. The van der Waals surface area contributed by atoms with E-state index in [1.54, 1.807) is 0 Å². The number of hydrogen-bond donors (Lipinski definition) is 0. The molecular formula is C15H19NO3. The third-order valence-corrected chi connectivity index (χ3v) is 3.06. The summed E-state index contributed by atoms with van der Waals surface area (Å²) in [6.45, 7) is 4.28. The molecule has 1 atom stereocenters. The number of imide groups is 1. The molecule has 0 bridgehead atoms. The van der Waals surface area contributed by atoms with E-state index in [0.29, 0.717) is 19.4 Å². The lowest BCUT2D eigenvalue weighted by atomic mass is 10.1. The minimum absolute atomic E-state index is 0.143. The first-order chi connectivity index (χ1) is 9.06. The van der Waals surface area contributed by atoms with Crippen LogP contribution in [0.5, 0.6) is 0 Å². The van der Waals surface area contributed by atoms with Crippen molar-refractivity contribution >= 4 is 12.0 Å². The molecule has 1 aromatic rings. The second-order valence-corrected chi connectivity index (χ2v) is 5.30. The minimum atomic E-state index is -0.508. The maximum absolute atomic E-state index is 11.9. The van der Waals surface area contributed by atoms with Gasteiger partial charge in [-0.2, -0.15) is 0 Å². The van der Waals surface area contributed by atoms with Crippen LogP contribution in [0.1, 0.15) is 25.8 Å². The van der Waals surface area contributed by atoms with Crippen LogP contribution in [0, 0.1) is 5.92 Å². The number of carbonyl (C=O) groups is 2. The topological polar surface area (TPSA) is 46.6 Å². The highest BCUT2D eigenvalue weighted by atomic mass is 16.6. The van der Waals surface area contributed by atoms with Crippen LogP contribution < -0.4 is 0 Å². The summed E-state index contributed by atoms with van der Waals surface area (Å²) in [6.07, 6.45) is 0.295. The van der Waals surface area contributed by atoms with Crippen molar-refractivity contribution in [3.8, 4) is 0 Å². The van der Waals surface area contributed by atoms with Gasteiger partial charge in [0.15, 0.2) is 0 Å². The molecular weight excluding hydrogens is 242 g/mol. The van der Waals surface area contributed by atoms with E-state index in [1.807, 2.05) is 44.2 Å². The van der Waals surface area contributed by atoms with Crippen LogP contribution in [-0.4, -0.2) is 29.5 Å². The number of benzene rings is 1. The van der Waals surface area contributed by atoms with Crippen molar-refractivity contribution in [2.75, 3.05) is 6.54 Å². The number of rotatable bonds is 4. The Hall–Kier alpha value is -1.84. The smallest absolute Gasteiger partial charge is 0.416 e. The molecule has 1 aliphatic heterocycles. The molecule has 1 saturated heterocycles. The Morgan fingerprint density at radius 1 is 1.37 bits per heavy atom. The molecule has 4 nitrogen and oxygen atoms in total. The Kier molecular flexibility index (Phi) is 4.20. The lowest BCUT2D eigenvalue weighted by Gasteiger charge is -2.12. The lowest BCUT2D eigenvalue weighted by molar-refractivity contribution is -0.128. The van der Waals surface area contributed by atoms with Crippen molar-refractivity contribution in [3.63, 3.8) is 0 Å². The summed E-state index contributed by atoms with van der Waals surface area (Å²) in [6, 6.07) is 9.84. The Morgan fingerprint density at radius 2 is 2.05 bits per heavy atom. The van der Waals surface area contributed by atoms with Gasteiger partial charge in [0, 0.05) is 12.8 Å². The molecule has 1 unspecified atom stereocenters. The van der Waals surface area contributed by atoms with E-state index in [4.69, 9.17) is 4.74 Å². The highest BCUT2D eigenvalue weighted by molar-refractivity contribution is 5.93. The summed E-state index contributed by atoms with van der Waals surface area (Å²) in [5.74, 6) is 0.101. The maximum atomic E-state index is 11.9. The Bertz CT molecular complexity index is 456. The van der Waals surface area contributed by atoms with E-state index in [2.05, 4.69) is 0 Å². The van der Waals surface area contributed by atoms with Crippen LogP contribution >= 0.6 is 0 Å². The van der Waals surface area contributed by atoms with Gasteiger partial charge in [-0.3, -0.25) is 4.79 Å². The predicted octanol–water partition coefficient (Wildman–Crippen LogP) is 2.62. The number of carbonyl (C=O) groups excluding carboxylic acids is 2. The summed E-state index contributed by atoms with van der Waals surface area (Å²) in [4.78, 5) is 24.8. The highest BCUT2D eigenvalue weighted by Crippen LogP contribution is 2.18. The molecule has 1 heterocycles. The van der Waals surface area contributed by atoms with Crippen molar-refractivity contribution in [2.45, 2.75) is 32.8 Å². The fourth-order valence-corrected chi connectivity index (χ4v) is 2.17. The molecule has 4 heteroatoms. The first-order valence-electron chi connectivity index (χ1n) is 6.61. The van der Waals surface area contributed by atoms with Gasteiger partial charge in [-0.15, -0.1) is 0 Å². The van der Waals surface area contributed by atoms with Crippen LogP contribution in [0.2, 0.25) is 0 Å².